The lowest BCUT2D eigenvalue weighted by Gasteiger charge is -2.16. The molecule has 3 nitrogen and oxygen atoms in total. The van der Waals surface area contributed by atoms with E-state index in [9.17, 15) is 10.2 Å². The Morgan fingerprint density at radius 2 is 1.56 bits per heavy atom. The molecule has 134 valence electrons. The van der Waals surface area contributed by atoms with Crippen LogP contribution in [0.1, 0.15) is 55.4 Å². The van der Waals surface area contributed by atoms with Crippen molar-refractivity contribution >= 4 is 12.2 Å². The van der Waals surface area contributed by atoms with Gasteiger partial charge in [-0.15, -0.1) is 0 Å². The summed E-state index contributed by atoms with van der Waals surface area (Å²) >= 11 is 0. The van der Waals surface area contributed by atoms with Crippen LogP contribution in [0.5, 0.6) is 5.75 Å². The Labute approximate surface area is 150 Å². The molecule has 0 spiro atoms. The predicted octanol–water partition coefficient (Wildman–Crippen LogP) is 4.54. The lowest BCUT2D eigenvalue weighted by Crippen LogP contribution is -2.17. The van der Waals surface area contributed by atoms with E-state index in [2.05, 4.69) is 24.3 Å². The van der Waals surface area contributed by atoms with Crippen LogP contribution in [0.3, 0.4) is 0 Å². The molecule has 2 aromatic carbocycles. The van der Waals surface area contributed by atoms with Crippen LogP contribution in [0.2, 0.25) is 0 Å². The third-order valence-corrected chi connectivity index (χ3v) is 4.23. The molecule has 0 unspecified atom stereocenters. The van der Waals surface area contributed by atoms with Gasteiger partial charge in [-0.2, -0.15) is 0 Å². The molecule has 0 bridgehead atoms. The highest BCUT2D eigenvalue weighted by Gasteiger charge is 2.10. The van der Waals surface area contributed by atoms with Gasteiger partial charge in [-0.3, -0.25) is 0 Å². The van der Waals surface area contributed by atoms with E-state index in [1.165, 1.54) is 5.56 Å². The Balaban J connectivity index is 1.88. The second-order valence-corrected chi connectivity index (χ2v) is 7.14. The van der Waals surface area contributed by atoms with Crippen molar-refractivity contribution in [3.8, 4) is 5.75 Å². The van der Waals surface area contributed by atoms with Gasteiger partial charge in [0.05, 0.1) is 12.2 Å². The van der Waals surface area contributed by atoms with Gasteiger partial charge in [0.15, 0.2) is 0 Å². The molecule has 0 aliphatic heterocycles. The van der Waals surface area contributed by atoms with Crippen LogP contribution >= 0.6 is 0 Å². The molecule has 0 saturated heterocycles. The van der Waals surface area contributed by atoms with Gasteiger partial charge >= 0.3 is 0 Å². The first kappa shape index (κ1) is 19.2. The minimum absolute atomic E-state index is 0.117. The molecule has 0 atom stereocenters. The Kier molecular flexibility index (Phi) is 6.80. The third-order valence-electron chi connectivity index (χ3n) is 4.23. The molecule has 3 heteroatoms. The van der Waals surface area contributed by atoms with Gasteiger partial charge in [0.25, 0.3) is 0 Å². The van der Waals surface area contributed by atoms with Gasteiger partial charge in [-0.25, -0.2) is 0 Å². The minimum atomic E-state index is -0.571. The molecule has 2 rings (SSSR count). The second-order valence-electron chi connectivity index (χ2n) is 7.14. The monoisotopic (exact) mass is 340 g/mol. The van der Waals surface area contributed by atoms with Crippen molar-refractivity contribution < 1.29 is 15.3 Å². The summed E-state index contributed by atoms with van der Waals surface area (Å²) in [5.41, 5.74) is 3.26. The van der Waals surface area contributed by atoms with Crippen LogP contribution in [0, 0.1) is 0 Å². The summed E-state index contributed by atoms with van der Waals surface area (Å²) in [6.45, 7) is 3.55. The van der Waals surface area contributed by atoms with Crippen molar-refractivity contribution in [1.29, 1.82) is 0 Å². The molecule has 0 amide bonds. The number of hydrogen-bond acceptors (Lipinski definition) is 3. The first-order valence-electron chi connectivity index (χ1n) is 8.79. The Morgan fingerprint density at radius 3 is 2.16 bits per heavy atom. The second kappa shape index (κ2) is 8.84. The zero-order valence-corrected chi connectivity index (χ0v) is 15.1. The van der Waals surface area contributed by atoms with Gasteiger partial charge in [0.1, 0.15) is 5.75 Å². The van der Waals surface area contributed by atoms with E-state index in [0.717, 1.165) is 36.8 Å². The number of phenols is 1. The molecule has 3 N–H and O–H groups in total. The van der Waals surface area contributed by atoms with E-state index in [1.807, 2.05) is 32.1 Å². The van der Waals surface area contributed by atoms with E-state index in [4.69, 9.17) is 5.11 Å². The number of unbranched alkanes of at least 4 members (excludes halogenated alkanes) is 1. The van der Waals surface area contributed by atoms with Crippen molar-refractivity contribution in [2.75, 3.05) is 0 Å². The molecule has 2 aromatic rings. The molecule has 0 saturated carbocycles. The van der Waals surface area contributed by atoms with E-state index < -0.39 is 5.60 Å². The summed E-state index contributed by atoms with van der Waals surface area (Å²) in [5, 5.41) is 28.6. The number of aryl methyl sites for hydroxylation is 1. The number of hydrogen-bond donors (Lipinski definition) is 3. The summed E-state index contributed by atoms with van der Waals surface area (Å²) in [6.07, 6.45) is 7.91. The summed E-state index contributed by atoms with van der Waals surface area (Å²) in [7, 11) is 0. The Morgan fingerprint density at radius 1 is 0.920 bits per heavy atom. The van der Waals surface area contributed by atoms with E-state index in [-0.39, 0.29) is 12.4 Å². The van der Waals surface area contributed by atoms with Gasteiger partial charge < -0.3 is 15.3 Å². The zero-order chi connectivity index (χ0) is 18.3. The standard InChI is InChI=1S/C22H28O3/c1-22(2,25)14-4-3-5-17-6-8-18(9-7-17)10-11-19-12-13-20(16-23)21(24)15-19/h6-13,15,23-25H,3-5,14,16H2,1-2H3. The van der Waals surface area contributed by atoms with Crippen LogP contribution in [0.15, 0.2) is 42.5 Å². The summed E-state index contributed by atoms with van der Waals surface area (Å²) in [5.74, 6) is 0.117. The normalized spacial score (nSPS) is 12.0. The molecule has 0 radical (unpaired) electrons. The molecular weight excluding hydrogens is 312 g/mol. The summed E-state index contributed by atoms with van der Waals surface area (Å²) < 4.78 is 0. The number of rotatable bonds is 8. The topological polar surface area (TPSA) is 60.7 Å². The van der Waals surface area contributed by atoms with Crippen LogP contribution in [0.25, 0.3) is 12.2 Å². The van der Waals surface area contributed by atoms with Gasteiger partial charge in [0, 0.05) is 5.56 Å². The van der Waals surface area contributed by atoms with E-state index >= 15 is 0 Å². The number of aromatic hydroxyl groups is 1. The first-order chi connectivity index (χ1) is 11.9. The fraction of sp³-hybridized carbons (Fsp3) is 0.364. The van der Waals surface area contributed by atoms with E-state index in [0.29, 0.717) is 5.56 Å². The largest absolute Gasteiger partial charge is 0.508 e. The van der Waals surface area contributed by atoms with Crippen LogP contribution in [-0.2, 0) is 13.0 Å². The first-order valence-corrected chi connectivity index (χ1v) is 8.79. The quantitative estimate of drug-likeness (QED) is 0.488. The maximum Gasteiger partial charge on any atom is 0.121 e. The van der Waals surface area contributed by atoms with Crippen molar-refractivity contribution in [2.45, 2.75) is 51.7 Å². The summed E-state index contributed by atoms with van der Waals surface area (Å²) in [4.78, 5) is 0. The fourth-order valence-corrected chi connectivity index (χ4v) is 2.69. The van der Waals surface area contributed by atoms with Gasteiger partial charge in [-0.1, -0.05) is 55.0 Å². The summed E-state index contributed by atoms with van der Waals surface area (Å²) in [6, 6.07) is 13.7. The SMILES string of the molecule is CC(C)(O)CCCCc1ccc(C=Cc2ccc(CO)c(O)c2)cc1. The molecule has 0 aromatic heterocycles. The lowest BCUT2D eigenvalue weighted by atomic mass is 9.98. The van der Waals surface area contributed by atoms with Crippen molar-refractivity contribution in [1.82, 2.24) is 0 Å². The molecule has 0 heterocycles. The van der Waals surface area contributed by atoms with Crippen molar-refractivity contribution in [3.05, 3.63) is 64.7 Å². The highest BCUT2D eigenvalue weighted by molar-refractivity contribution is 5.70. The average Bonchev–Trinajstić information content (AvgIpc) is 2.57. The average molecular weight is 340 g/mol. The molecule has 25 heavy (non-hydrogen) atoms. The Hall–Kier alpha value is -2.10. The highest BCUT2D eigenvalue weighted by atomic mass is 16.3. The van der Waals surface area contributed by atoms with Crippen LogP contribution in [-0.4, -0.2) is 20.9 Å². The number of aliphatic hydroxyl groups is 2. The van der Waals surface area contributed by atoms with Crippen LogP contribution in [0.4, 0.5) is 0 Å². The smallest absolute Gasteiger partial charge is 0.121 e. The highest BCUT2D eigenvalue weighted by Crippen LogP contribution is 2.20. The molecular formula is C22H28O3. The van der Waals surface area contributed by atoms with Crippen molar-refractivity contribution in [2.24, 2.45) is 0 Å². The maximum absolute atomic E-state index is 9.77. The van der Waals surface area contributed by atoms with Crippen molar-refractivity contribution in [3.63, 3.8) is 0 Å². The minimum Gasteiger partial charge on any atom is -0.508 e. The lowest BCUT2D eigenvalue weighted by molar-refractivity contribution is 0.0682. The third kappa shape index (κ3) is 6.73. The van der Waals surface area contributed by atoms with Gasteiger partial charge in [0.2, 0.25) is 0 Å². The van der Waals surface area contributed by atoms with Crippen LogP contribution < -0.4 is 0 Å². The number of aliphatic hydroxyl groups excluding tert-OH is 1. The predicted molar refractivity (Wildman–Crippen MR) is 103 cm³/mol. The maximum atomic E-state index is 9.77. The zero-order valence-electron chi connectivity index (χ0n) is 15.1. The molecule has 0 aliphatic rings. The molecule has 0 fully saturated rings. The van der Waals surface area contributed by atoms with E-state index in [1.54, 1.807) is 12.1 Å². The van der Waals surface area contributed by atoms with Gasteiger partial charge in [-0.05, 0) is 55.9 Å². The number of benzene rings is 2. The molecule has 0 aliphatic carbocycles. The Bertz CT molecular complexity index is 694. The fourth-order valence-electron chi connectivity index (χ4n) is 2.69.